The van der Waals surface area contributed by atoms with Crippen molar-refractivity contribution in [2.45, 2.75) is 38.8 Å². The molecule has 1 aromatic rings. The molecule has 122 valence electrons. The van der Waals surface area contributed by atoms with E-state index in [-0.39, 0.29) is 30.2 Å². The van der Waals surface area contributed by atoms with Crippen LogP contribution in [0.1, 0.15) is 27.2 Å². The van der Waals surface area contributed by atoms with Crippen LogP contribution in [-0.4, -0.2) is 45.6 Å². The third-order valence-corrected chi connectivity index (χ3v) is 3.00. The summed E-state index contributed by atoms with van der Waals surface area (Å²) in [4.78, 5) is 10.6. The minimum atomic E-state index is -0.497. The maximum atomic E-state index is 11.2. The van der Waals surface area contributed by atoms with Crippen molar-refractivity contribution in [2.24, 2.45) is 0 Å². The second-order valence-electron chi connectivity index (χ2n) is 5.52. The topological polar surface area (TPSA) is 102 Å². The molecule has 1 heterocycles. The minimum Gasteiger partial charge on any atom is -0.621 e. The average molecular weight is 311 g/mol. The Morgan fingerprint density at radius 3 is 2.27 bits per heavy atom. The van der Waals surface area contributed by atoms with Crippen molar-refractivity contribution in [3.8, 4) is 11.5 Å². The predicted octanol–water partition coefficient (Wildman–Crippen LogP) is 1.75. The van der Waals surface area contributed by atoms with E-state index in [0.29, 0.717) is 6.42 Å². The third kappa shape index (κ3) is 5.90. The van der Waals surface area contributed by atoms with Crippen LogP contribution >= 0.6 is 0 Å². The van der Waals surface area contributed by atoms with Crippen molar-refractivity contribution in [3.05, 3.63) is 29.5 Å². The fourth-order valence-corrected chi connectivity index (χ4v) is 1.74. The number of aromatic hydroxyl groups is 2. The summed E-state index contributed by atoms with van der Waals surface area (Å²) in [7, 11) is 0. The van der Waals surface area contributed by atoms with Crippen molar-refractivity contribution in [3.63, 3.8) is 0 Å². The van der Waals surface area contributed by atoms with Gasteiger partial charge in [0.1, 0.15) is 24.2 Å². The highest BCUT2D eigenvalue weighted by Gasteiger charge is 2.36. The molecule has 1 aromatic carbocycles. The highest BCUT2D eigenvalue weighted by Crippen LogP contribution is 2.21. The molecule has 7 nitrogen and oxygen atoms in total. The lowest BCUT2D eigenvalue weighted by Gasteiger charge is -2.31. The average Bonchev–Trinajstić information content (AvgIpc) is 2.44. The first kappa shape index (κ1) is 17.6. The van der Waals surface area contributed by atoms with Crippen molar-refractivity contribution in [1.82, 2.24) is 0 Å². The molecule has 1 aliphatic rings. The van der Waals surface area contributed by atoms with Gasteiger partial charge in [-0.1, -0.05) is 0 Å². The van der Waals surface area contributed by atoms with Crippen LogP contribution in [0.4, 0.5) is 0 Å². The highest BCUT2D eigenvalue weighted by molar-refractivity contribution is 5.65. The quantitative estimate of drug-likeness (QED) is 0.373. The SMILES string of the molecule is CC(=O)OCC1CC(C)(C)[N+]([O-])=CO1.Oc1ccc(O)cc1. The third-order valence-electron chi connectivity index (χ3n) is 3.00. The number of hydrogen-bond donors (Lipinski definition) is 2. The number of ether oxygens (including phenoxy) is 2. The number of carbonyl (C=O) groups is 1. The van der Waals surface area contributed by atoms with Gasteiger partial charge in [0, 0.05) is 20.8 Å². The number of phenolic OH excluding ortho intramolecular Hbond substituents is 2. The van der Waals surface area contributed by atoms with E-state index in [1.165, 1.54) is 31.2 Å². The highest BCUT2D eigenvalue weighted by atomic mass is 16.6. The lowest BCUT2D eigenvalue weighted by atomic mass is 9.97. The van der Waals surface area contributed by atoms with E-state index in [2.05, 4.69) is 0 Å². The van der Waals surface area contributed by atoms with Gasteiger partial charge in [-0.25, -0.2) is 0 Å². The Bertz CT molecular complexity index is 502. The number of rotatable bonds is 2. The summed E-state index contributed by atoms with van der Waals surface area (Å²) in [5.74, 6) is 0.00144. The summed E-state index contributed by atoms with van der Waals surface area (Å²) in [5.41, 5.74) is -0.497. The van der Waals surface area contributed by atoms with E-state index in [0.717, 1.165) is 11.1 Å². The molecule has 0 amide bonds. The Balaban J connectivity index is 0.000000255. The van der Waals surface area contributed by atoms with Crippen LogP contribution < -0.4 is 0 Å². The zero-order valence-corrected chi connectivity index (χ0v) is 12.9. The molecule has 0 radical (unpaired) electrons. The monoisotopic (exact) mass is 311 g/mol. The number of phenols is 2. The maximum Gasteiger partial charge on any atom is 0.336 e. The molecule has 2 N–H and O–H groups in total. The first-order chi connectivity index (χ1) is 10.2. The van der Waals surface area contributed by atoms with Crippen LogP contribution in [0.2, 0.25) is 0 Å². The Morgan fingerprint density at radius 1 is 1.36 bits per heavy atom. The van der Waals surface area contributed by atoms with Crippen molar-refractivity contribution in [1.29, 1.82) is 0 Å². The molecule has 2 rings (SSSR count). The molecule has 1 aliphatic heterocycles. The second-order valence-corrected chi connectivity index (χ2v) is 5.52. The summed E-state index contributed by atoms with van der Waals surface area (Å²) in [6.45, 7) is 5.18. The van der Waals surface area contributed by atoms with E-state index >= 15 is 0 Å². The molecule has 0 spiro atoms. The number of benzene rings is 1. The van der Waals surface area contributed by atoms with E-state index in [4.69, 9.17) is 19.7 Å². The molecule has 22 heavy (non-hydrogen) atoms. The summed E-state index contributed by atoms with van der Waals surface area (Å²) in [6, 6.07) is 5.70. The molecule has 1 unspecified atom stereocenters. The predicted molar refractivity (Wildman–Crippen MR) is 79.7 cm³/mol. The van der Waals surface area contributed by atoms with E-state index in [1.54, 1.807) is 0 Å². The summed E-state index contributed by atoms with van der Waals surface area (Å²) >= 11 is 0. The van der Waals surface area contributed by atoms with Gasteiger partial charge in [-0.2, -0.15) is 4.74 Å². The van der Waals surface area contributed by atoms with Crippen LogP contribution in [0, 0.1) is 5.21 Å². The van der Waals surface area contributed by atoms with Gasteiger partial charge in [0.15, 0.2) is 5.54 Å². The molecule has 0 fully saturated rings. The van der Waals surface area contributed by atoms with Gasteiger partial charge in [-0.3, -0.25) is 4.79 Å². The second kappa shape index (κ2) is 7.53. The van der Waals surface area contributed by atoms with E-state index in [9.17, 15) is 10.0 Å². The van der Waals surface area contributed by atoms with Gasteiger partial charge in [-0.05, 0) is 24.3 Å². The normalized spacial score (nSPS) is 19.0. The fraction of sp³-hybridized carbons (Fsp3) is 0.467. The van der Waals surface area contributed by atoms with Crippen molar-refractivity contribution < 1.29 is 29.2 Å². The zero-order valence-electron chi connectivity index (χ0n) is 12.9. The fourth-order valence-electron chi connectivity index (χ4n) is 1.74. The van der Waals surface area contributed by atoms with Crippen molar-refractivity contribution in [2.75, 3.05) is 6.61 Å². The summed E-state index contributed by atoms with van der Waals surface area (Å²) in [6.07, 6.45) is 1.46. The van der Waals surface area contributed by atoms with E-state index in [1.807, 2.05) is 13.8 Å². The first-order valence-corrected chi connectivity index (χ1v) is 6.77. The van der Waals surface area contributed by atoms with Gasteiger partial charge in [0.2, 0.25) is 0 Å². The number of hydroxylamine groups is 1. The van der Waals surface area contributed by atoms with E-state index < -0.39 is 5.54 Å². The molecule has 7 heteroatoms. The molecule has 0 aliphatic carbocycles. The lowest BCUT2D eigenvalue weighted by molar-refractivity contribution is -0.556. The Kier molecular flexibility index (Phi) is 6.03. The van der Waals surface area contributed by atoms with Crippen LogP contribution in [0.25, 0.3) is 0 Å². The minimum absolute atomic E-state index is 0.169. The van der Waals surface area contributed by atoms with Gasteiger partial charge in [0.05, 0.1) is 6.42 Å². The molecular weight excluding hydrogens is 290 g/mol. The van der Waals surface area contributed by atoms with Gasteiger partial charge >= 0.3 is 12.4 Å². The molecule has 0 aromatic heterocycles. The number of esters is 1. The summed E-state index contributed by atoms with van der Waals surface area (Å²) < 4.78 is 10.7. The number of hydrogen-bond acceptors (Lipinski definition) is 6. The largest absolute Gasteiger partial charge is 0.621 e. The van der Waals surface area contributed by atoms with Crippen molar-refractivity contribution >= 4 is 12.4 Å². The van der Waals surface area contributed by atoms with Gasteiger partial charge in [-0.15, -0.1) is 0 Å². The Labute approximate surface area is 129 Å². The zero-order chi connectivity index (χ0) is 16.8. The van der Waals surface area contributed by atoms with Crippen LogP contribution in [-0.2, 0) is 14.3 Å². The molecular formula is C15H21NO6. The molecule has 1 atom stereocenters. The lowest BCUT2D eigenvalue weighted by Crippen LogP contribution is -2.44. The van der Waals surface area contributed by atoms with Gasteiger partial charge < -0.3 is 24.9 Å². The molecule has 0 saturated carbocycles. The number of carbonyl (C=O) groups excluding carboxylic acids is 1. The first-order valence-electron chi connectivity index (χ1n) is 6.77. The van der Waals surface area contributed by atoms with Crippen LogP contribution in [0.15, 0.2) is 24.3 Å². The Hall–Kier alpha value is -2.44. The standard InChI is InChI=1S/C9H15NO4.C6H6O2/c1-7(11)13-5-8-4-9(2,3)10(12)6-14-8;7-5-1-2-6(8)4-3-5/h6,8H,4-5H2,1-3H3;1-4,7-8H. The van der Waals surface area contributed by atoms with Gasteiger partial charge in [0.25, 0.3) is 0 Å². The summed E-state index contributed by atoms with van der Waals surface area (Å²) in [5, 5.41) is 28.5. The van der Waals surface area contributed by atoms with Crippen LogP contribution in [0.3, 0.4) is 0 Å². The molecule has 0 saturated heterocycles. The Morgan fingerprint density at radius 2 is 1.86 bits per heavy atom. The smallest absolute Gasteiger partial charge is 0.336 e. The van der Waals surface area contributed by atoms with Crippen LogP contribution in [0.5, 0.6) is 11.5 Å². The number of nitrogens with zero attached hydrogens (tertiary/aromatic N) is 1. The maximum absolute atomic E-state index is 11.2. The molecule has 0 bridgehead atoms.